The molecule has 2 nitrogen and oxygen atoms in total. The van der Waals surface area contributed by atoms with Crippen LogP contribution in [0.15, 0.2) is 72.8 Å². The van der Waals surface area contributed by atoms with Crippen molar-refractivity contribution in [2.45, 2.75) is 25.3 Å². The SMILES string of the molecule is CCOc1ccc(C([Si])CCc2ccc(F)c(Oc3ccccc3)c2)cc1. The minimum Gasteiger partial charge on any atom is -0.494 e. The van der Waals surface area contributed by atoms with E-state index in [2.05, 4.69) is 22.4 Å². The van der Waals surface area contributed by atoms with Crippen molar-refractivity contribution >= 4 is 10.2 Å². The molecule has 0 saturated carbocycles. The van der Waals surface area contributed by atoms with E-state index in [9.17, 15) is 4.39 Å². The molecule has 1 unspecified atom stereocenters. The summed E-state index contributed by atoms with van der Waals surface area (Å²) in [6.07, 6.45) is 1.70. The van der Waals surface area contributed by atoms with Gasteiger partial charge in [-0.05, 0) is 72.8 Å². The predicted molar refractivity (Wildman–Crippen MR) is 107 cm³/mol. The van der Waals surface area contributed by atoms with E-state index in [-0.39, 0.29) is 17.1 Å². The summed E-state index contributed by atoms with van der Waals surface area (Å²) in [6.45, 7) is 2.63. The van der Waals surface area contributed by atoms with Gasteiger partial charge in [-0.3, -0.25) is 0 Å². The van der Waals surface area contributed by atoms with Crippen LogP contribution in [0.25, 0.3) is 0 Å². The number of rotatable bonds is 8. The van der Waals surface area contributed by atoms with Gasteiger partial charge in [-0.25, -0.2) is 4.39 Å². The van der Waals surface area contributed by atoms with Gasteiger partial charge in [0.25, 0.3) is 0 Å². The molecule has 4 heteroatoms. The summed E-state index contributed by atoms with van der Waals surface area (Å²) in [5, 5.41) is 0. The van der Waals surface area contributed by atoms with Crippen molar-refractivity contribution in [3.8, 4) is 17.2 Å². The molecule has 3 rings (SSSR count). The van der Waals surface area contributed by atoms with E-state index < -0.39 is 0 Å². The zero-order valence-electron chi connectivity index (χ0n) is 15.3. The first-order chi connectivity index (χ1) is 13.2. The number of para-hydroxylation sites is 1. The lowest BCUT2D eigenvalue weighted by Gasteiger charge is -2.14. The molecule has 27 heavy (non-hydrogen) atoms. The third kappa shape index (κ3) is 5.44. The Kier molecular flexibility index (Phi) is 6.66. The number of halogens is 1. The highest BCUT2D eigenvalue weighted by molar-refractivity contribution is 6.12. The Morgan fingerprint density at radius 3 is 2.37 bits per heavy atom. The number of benzene rings is 3. The van der Waals surface area contributed by atoms with Crippen LogP contribution in [0.1, 0.15) is 30.0 Å². The zero-order chi connectivity index (χ0) is 19.1. The maximum atomic E-state index is 14.1. The fourth-order valence-electron chi connectivity index (χ4n) is 2.84. The first-order valence-electron chi connectivity index (χ1n) is 9.11. The fraction of sp³-hybridized carbons (Fsp3) is 0.217. The zero-order valence-corrected chi connectivity index (χ0v) is 16.3. The first kappa shape index (κ1) is 19.2. The lowest BCUT2D eigenvalue weighted by molar-refractivity contribution is 0.340. The molecule has 0 spiro atoms. The molecular weight excluding hydrogens is 355 g/mol. The Morgan fingerprint density at radius 1 is 0.926 bits per heavy atom. The third-order valence-electron chi connectivity index (χ3n) is 4.28. The second-order valence-corrected chi connectivity index (χ2v) is 6.97. The Bertz CT molecular complexity index is 850. The van der Waals surface area contributed by atoms with Gasteiger partial charge in [0.15, 0.2) is 11.6 Å². The van der Waals surface area contributed by atoms with Crippen molar-refractivity contribution in [3.05, 3.63) is 89.7 Å². The standard InChI is InChI=1S/C23H22FO2Si/c1-2-25-19-12-10-18(11-13-19)23(27)15-9-17-8-14-21(24)22(16-17)26-20-6-4-3-5-7-20/h3-8,10-14,16,23H,2,9,15H2,1H3. The number of hydrogen-bond acceptors (Lipinski definition) is 2. The van der Waals surface area contributed by atoms with Crippen LogP contribution in [0.3, 0.4) is 0 Å². The highest BCUT2D eigenvalue weighted by atomic mass is 28.1. The van der Waals surface area contributed by atoms with Crippen molar-refractivity contribution < 1.29 is 13.9 Å². The first-order valence-corrected chi connectivity index (χ1v) is 9.68. The lowest BCUT2D eigenvalue weighted by Crippen LogP contribution is -2.01. The number of hydrogen-bond donors (Lipinski definition) is 0. The van der Waals surface area contributed by atoms with E-state index in [1.807, 2.05) is 55.5 Å². The van der Waals surface area contributed by atoms with E-state index in [1.165, 1.54) is 11.6 Å². The molecule has 0 amide bonds. The Hall–Kier alpha value is -2.59. The minimum atomic E-state index is -0.357. The summed E-state index contributed by atoms with van der Waals surface area (Å²) in [5.74, 6) is 1.40. The normalized spacial score (nSPS) is 11.8. The Balaban J connectivity index is 1.62. The molecule has 0 bridgehead atoms. The van der Waals surface area contributed by atoms with E-state index >= 15 is 0 Å². The summed E-state index contributed by atoms with van der Waals surface area (Å²) >= 11 is 0. The molecule has 0 aliphatic carbocycles. The van der Waals surface area contributed by atoms with Crippen LogP contribution in [-0.4, -0.2) is 16.8 Å². The van der Waals surface area contributed by atoms with Gasteiger partial charge in [0.1, 0.15) is 11.5 Å². The molecule has 1 atom stereocenters. The third-order valence-corrected chi connectivity index (χ3v) is 4.90. The highest BCUT2D eigenvalue weighted by Crippen LogP contribution is 2.27. The second-order valence-electron chi connectivity index (χ2n) is 6.27. The predicted octanol–water partition coefficient (Wildman–Crippen LogP) is 5.86. The largest absolute Gasteiger partial charge is 0.494 e. The average Bonchev–Trinajstić information content (AvgIpc) is 2.70. The van der Waals surface area contributed by atoms with Crippen molar-refractivity contribution in [1.29, 1.82) is 0 Å². The molecule has 0 fully saturated rings. The maximum absolute atomic E-state index is 14.1. The Labute approximate surface area is 163 Å². The topological polar surface area (TPSA) is 18.5 Å². The van der Waals surface area contributed by atoms with E-state index in [0.29, 0.717) is 12.4 Å². The van der Waals surface area contributed by atoms with Gasteiger partial charge < -0.3 is 9.47 Å². The summed E-state index contributed by atoms with van der Waals surface area (Å²) < 4.78 is 25.2. The van der Waals surface area contributed by atoms with Gasteiger partial charge in [0, 0.05) is 10.2 Å². The minimum absolute atomic E-state index is 0.212. The van der Waals surface area contributed by atoms with Gasteiger partial charge in [-0.1, -0.05) is 36.4 Å². The summed E-state index contributed by atoms with van der Waals surface area (Å²) in [5.41, 5.74) is 2.44. The van der Waals surface area contributed by atoms with E-state index in [0.717, 1.165) is 24.2 Å². The van der Waals surface area contributed by atoms with Crippen LogP contribution < -0.4 is 9.47 Å². The van der Waals surface area contributed by atoms with Crippen LogP contribution in [0.5, 0.6) is 17.2 Å². The summed E-state index contributed by atoms with van der Waals surface area (Å²) in [4.78, 5) is 0. The molecule has 0 aromatic heterocycles. The van der Waals surface area contributed by atoms with E-state index in [1.54, 1.807) is 6.07 Å². The average molecular weight is 378 g/mol. The smallest absolute Gasteiger partial charge is 0.165 e. The molecule has 137 valence electrons. The summed E-state index contributed by atoms with van der Waals surface area (Å²) in [7, 11) is 3.80. The molecule has 3 aromatic carbocycles. The molecule has 0 N–H and O–H groups in total. The van der Waals surface area contributed by atoms with Crippen LogP contribution in [-0.2, 0) is 6.42 Å². The van der Waals surface area contributed by atoms with Crippen LogP contribution in [0, 0.1) is 5.82 Å². The van der Waals surface area contributed by atoms with Crippen LogP contribution in [0.4, 0.5) is 4.39 Å². The van der Waals surface area contributed by atoms with Crippen LogP contribution >= 0.6 is 0 Å². The van der Waals surface area contributed by atoms with Gasteiger partial charge in [-0.15, -0.1) is 0 Å². The molecule has 0 saturated heterocycles. The van der Waals surface area contributed by atoms with Gasteiger partial charge >= 0.3 is 0 Å². The molecule has 0 aliphatic heterocycles. The maximum Gasteiger partial charge on any atom is 0.165 e. The molecule has 0 heterocycles. The van der Waals surface area contributed by atoms with E-state index in [4.69, 9.17) is 9.47 Å². The van der Waals surface area contributed by atoms with Crippen LogP contribution in [0.2, 0.25) is 0 Å². The fourth-order valence-corrected chi connectivity index (χ4v) is 3.17. The van der Waals surface area contributed by atoms with Crippen molar-refractivity contribution in [3.63, 3.8) is 0 Å². The molecular formula is C23H22FO2Si. The second kappa shape index (κ2) is 9.37. The Morgan fingerprint density at radius 2 is 1.67 bits per heavy atom. The van der Waals surface area contributed by atoms with Gasteiger partial charge in [-0.2, -0.15) is 0 Å². The summed E-state index contributed by atoms with van der Waals surface area (Å²) in [6, 6.07) is 22.4. The van der Waals surface area contributed by atoms with Crippen molar-refractivity contribution in [2.24, 2.45) is 0 Å². The quantitative estimate of drug-likeness (QED) is 0.458. The monoisotopic (exact) mass is 377 g/mol. The number of aryl methyl sites for hydroxylation is 1. The van der Waals surface area contributed by atoms with Gasteiger partial charge in [0.2, 0.25) is 0 Å². The van der Waals surface area contributed by atoms with Crippen molar-refractivity contribution in [2.75, 3.05) is 6.61 Å². The molecule has 0 aliphatic rings. The van der Waals surface area contributed by atoms with Crippen molar-refractivity contribution in [1.82, 2.24) is 0 Å². The lowest BCUT2D eigenvalue weighted by atomic mass is 10.0. The molecule has 3 aromatic rings. The van der Waals surface area contributed by atoms with Gasteiger partial charge in [0.05, 0.1) is 6.61 Å². The number of ether oxygens (including phenoxy) is 2. The highest BCUT2D eigenvalue weighted by Gasteiger charge is 2.10. The molecule has 3 radical (unpaired) electrons.